The highest BCUT2D eigenvalue weighted by Crippen LogP contribution is 2.28. The van der Waals surface area contributed by atoms with Gasteiger partial charge in [-0.25, -0.2) is 8.42 Å². The van der Waals surface area contributed by atoms with E-state index in [9.17, 15) is 8.42 Å². The molecule has 0 radical (unpaired) electrons. The summed E-state index contributed by atoms with van der Waals surface area (Å²) in [5, 5.41) is 7.95. The van der Waals surface area contributed by atoms with E-state index in [0.29, 0.717) is 16.0 Å². The molecule has 0 fully saturated rings. The molecule has 108 valence electrons. The highest BCUT2D eigenvalue weighted by Gasteiger charge is 2.24. The van der Waals surface area contributed by atoms with Crippen LogP contribution >= 0.6 is 11.6 Å². The van der Waals surface area contributed by atoms with E-state index in [2.05, 4.69) is 10.2 Å². The molecule has 0 amide bonds. The Hall–Kier alpha value is -2.12. The molecule has 3 rings (SSSR count). The van der Waals surface area contributed by atoms with Crippen molar-refractivity contribution in [2.75, 3.05) is 7.11 Å². The Morgan fingerprint density at radius 1 is 1.14 bits per heavy atom. The summed E-state index contributed by atoms with van der Waals surface area (Å²) in [6.45, 7) is 0. The number of sulfone groups is 1. The summed E-state index contributed by atoms with van der Waals surface area (Å²) < 4.78 is 35.0. The minimum Gasteiger partial charge on any atom is -0.480 e. The van der Waals surface area contributed by atoms with Gasteiger partial charge in [-0.05, 0) is 24.3 Å². The fourth-order valence-corrected chi connectivity index (χ4v) is 3.05. The van der Waals surface area contributed by atoms with Crippen LogP contribution in [0.2, 0.25) is 5.02 Å². The second-order valence-corrected chi connectivity index (χ2v) is 6.43. The van der Waals surface area contributed by atoms with Gasteiger partial charge in [0.15, 0.2) is 5.03 Å². The van der Waals surface area contributed by atoms with E-state index in [-0.39, 0.29) is 16.0 Å². The average molecular weight is 325 g/mol. The molecule has 2 aromatic heterocycles. The third-order valence-corrected chi connectivity index (χ3v) is 4.56. The number of hydrogen-bond acceptors (Lipinski definition) is 6. The van der Waals surface area contributed by atoms with Gasteiger partial charge >= 0.3 is 0 Å². The van der Waals surface area contributed by atoms with Crippen LogP contribution < -0.4 is 4.74 Å². The molecule has 0 bridgehead atoms. The van der Waals surface area contributed by atoms with Crippen molar-refractivity contribution in [1.82, 2.24) is 10.2 Å². The molecule has 0 spiro atoms. The van der Waals surface area contributed by atoms with Crippen LogP contribution in [0.1, 0.15) is 0 Å². The average Bonchev–Trinajstić information content (AvgIpc) is 2.91. The Kier molecular flexibility index (Phi) is 3.30. The lowest BCUT2D eigenvalue weighted by Crippen LogP contribution is -2.05. The maximum Gasteiger partial charge on any atom is 0.258 e. The number of halogens is 1. The van der Waals surface area contributed by atoms with E-state index >= 15 is 0 Å². The van der Waals surface area contributed by atoms with Crippen LogP contribution in [0.3, 0.4) is 0 Å². The van der Waals surface area contributed by atoms with Gasteiger partial charge in [-0.15, -0.1) is 10.2 Å². The molecule has 0 aliphatic rings. The zero-order valence-corrected chi connectivity index (χ0v) is 12.4. The minimum absolute atomic E-state index is 0.209. The zero-order chi connectivity index (χ0) is 15.0. The molecule has 0 N–H and O–H groups in total. The van der Waals surface area contributed by atoms with Crippen molar-refractivity contribution in [2.24, 2.45) is 0 Å². The summed E-state index contributed by atoms with van der Waals surface area (Å²) in [5.74, 6) is 0.227. The largest absolute Gasteiger partial charge is 0.480 e. The number of methoxy groups -OCH3 is 1. The number of rotatable bonds is 3. The number of fused-ring (bicyclic) bond motifs is 1. The number of aromatic nitrogens is 2. The second kappa shape index (κ2) is 5.01. The monoisotopic (exact) mass is 324 g/mol. The van der Waals surface area contributed by atoms with E-state index in [1.54, 1.807) is 18.2 Å². The number of nitrogens with zero attached hydrogens (tertiary/aromatic N) is 2. The fraction of sp³-hybridized carbons (Fsp3) is 0.0769. The fourth-order valence-electron chi connectivity index (χ4n) is 1.79. The van der Waals surface area contributed by atoms with Gasteiger partial charge in [0.25, 0.3) is 9.84 Å². The highest BCUT2D eigenvalue weighted by atomic mass is 35.5. The van der Waals surface area contributed by atoms with Crippen molar-refractivity contribution >= 4 is 32.4 Å². The molecule has 0 atom stereocenters. The van der Waals surface area contributed by atoms with Gasteiger partial charge in [-0.2, -0.15) is 0 Å². The van der Waals surface area contributed by atoms with E-state index in [0.717, 1.165) is 0 Å². The third kappa shape index (κ3) is 2.45. The van der Waals surface area contributed by atoms with Gasteiger partial charge in [0, 0.05) is 22.5 Å². The first-order valence-electron chi connectivity index (χ1n) is 5.82. The molecule has 8 heteroatoms. The van der Waals surface area contributed by atoms with E-state index in [1.807, 2.05) is 0 Å². The number of benzene rings is 1. The zero-order valence-electron chi connectivity index (χ0n) is 10.8. The molecule has 0 aliphatic carbocycles. The van der Waals surface area contributed by atoms with Crippen molar-refractivity contribution in [1.29, 1.82) is 0 Å². The maximum atomic E-state index is 12.4. The van der Waals surface area contributed by atoms with Gasteiger partial charge in [0.05, 0.1) is 7.11 Å². The Balaban J connectivity index is 2.10. The first-order valence-corrected chi connectivity index (χ1v) is 7.69. The second-order valence-electron chi connectivity index (χ2n) is 4.16. The van der Waals surface area contributed by atoms with Crippen LogP contribution in [-0.2, 0) is 9.84 Å². The van der Waals surface area contributed by atoms with Gasteiger partial charge in [0.2, 0.25) is 11.0 Å². The molecule has 0 saturated heterocycles. The lowest BCUT2D eigenvalue weighted by atomic mass is 10.3. The summed E-state index contributed by atoms with van der Waals surface area (Å²) in [6.07, 6.45) is 0. The van der Waals surface area contributed by atoms with Crippen LogP contribution in [0.5, 0.6) is 5.88 Å². The smallest absolute Gasteiger partial charge is 0.258 e. The van der Waals surface area contributed by atoms with Crippen LogP contribution in [-0.4, -0.2) is 25.7 Å². The van der Waals surface area contributed by atoms with Gasteiger partial charge < -0.3 is 9.15 Å². The Bertz CT molecular complexity index is 904. The highest BCUT2D eigenvalue weighted by molar-refractivity contribution is 7.91. The summed E-state index contributed by atoms with van der Waals surface area (Å²) in [6, 6.07) is 8.98. The van der Waals surface area contributed by atoms with Crippen molar-refractivity contribution < 1.29 is 17.6 Å². The van der Waals surface area contributed by atoms with Crippen molar-refractivity contribution in [3.05, 3.63) is 41.4 Å². The first-order chi connectivity index (χ1) is 10.0. The normalized spacial score (nSPS) is 11.7. The van der Waals surface area contributed by atoms with Crippen LogP contribution in [0.25, 0.3) is 11.0 Å². The molecule has 6 nitrogen and oxygen atoms in total. The van der Waals surface area contributed by atoms with Crippen LogP contribution in [0.4, 0.5) is 0 Å². The predicted octanol–water partition coefficient (Wildman–Crippen LogP) is 2.72. The lowest BCUT2D eigenvalue weighted by molar-refractivity contribution is 0.389. The van der Waals surface area contributed by atoms with E-state index < -0.39 is 9.84 Å². The molecule has 2 heterocycles. The van der Waals surface area contributed by atoms with Crippen molar-refractivity contribution in [2.45, 2.75) is 10.1 Å². The van der Waals surface area contributed by atoms with Gasteiger partial charge in [0.1, 0.15) is 5.58 Å². The van der Waals surface area contributed by atoms with Crippen LogP contribution in [0, 0.1) is 0 Å². The van der Waals surface area contributed by atoms with Crippen molar-refractivity contribution in [3.8, 4) is 5.88 Å². The molecule has 0 unspecified atom stereocenters. The SMILES string of the molecule is COc1ccc(S(=O)(=O)c2cc3cc(Cl)ccc3o2)nn1. The standard InChI is InChI=1S/C13H9ClN2O4S/c1-19-11-4-5-12(16-15-11)21(17,18)13-7-8-6-9(14)2-3-10(8)20-13/h2-7H,1H3. The molecule has 0 saturated carbocycles. The Morgan fingerprint density at radius 2 is 1.95 bits per heavy atom. The predicted molar refractivity (Wildman–Crippen MR) is 75.3 cm³/mol. The summed E-state index contributed by atoms with van der Waals surface area (Å²) >= 11 is 5.87. The molecule has 0 aliphatic heterocycles. The molecule has 1 aromatic carbocycles. The summed E-state index contributed by atoms with van der Waals surface area (Å²) in [7, 11) is -2.46. The van der Waals surface area contributed by atoms with Crippen LogP contribution in [0.15, 0.2) is 50.9 Å². The topological polar surface area (TPSA) is 82.3 Å². The molecule has 3 aromatic rings. The summed E-state index contributed by atoms with van der Waals surface area (Å²) in [5.41, 5.74) is 0.430. The Labute approximate surface area is 125 Å². The minimum atomic E-state index is -3.88. The maximum absolute atomic E-state index is 12.4. The Morgan fingerprint density at radius 3 is 2.62 bits per heavy atom. The number of furan rings is 1. The van der Waals surface area contributed by atoms with Gasteiger partial charge in [-0.3, -0.25) is 0 Å². The van der Waals surface area contributed by atoms with E-state index in [1.165, 1.54) is 25.3 Å². The molecule has 21 heavy (non-hydrogen) atoms. The number of ether oxygens (including phenoxy) is 1. The van der Waals surface area contributed by atoms with Crippen molar-refractivity contribution in [3.63, 3.8) is 0 Å². The lowest BCUT2D eigenvalue weighted by Gasteiger charge is -2.00. The summed E-state index contributed by atoms with van der Waals surface area (Å²) in [4.78, 5) is 0. The third-order valence-electron chi connectivity index (χ3n) is 2.82. The van der Waals surface area contributed by atoms with E-state index in [4.69, 9.17) is 20.8 Å². The molecular formula is C13H9ClN2O4S. The quantitative estimate of drug-likeness (QED) is 0.736. The van der Waals surface area contributed by atoms with Gasteiger partial charge in [-0.1, -0.05) is 11.6 Å². The molecular weight excluding hydrogens is 316 g/mol. The number of hydrogen-bond donors (Lipinski definition) is 0. The first kappa shape index (κ1) is 13.8.